The lowest BCUT2D eigenvalue weighted by Crippen LogP contribution is -2.33. The minimum Gasteiger partial charge on any atom is -0.354 e. The van der Waals surface area contributed by atoms with Crippen molar-refractivity contribution < 1.29 is 4.79 Å². The Morgan fingerprint density at radius 1 is 1.36 bits per heavy atom. The summed E-state index contributed by atoms with van der Waals surface area (Å²) in [6.07, 6.45) is 0. The number of rotatable bonds is 1. The minimum atomic E-state index is -0.393. The molecule has 1 aromatic carbocycles. The maximum atomic E-state index is 11.3. The van der Waals surface area contributed by atoms with Crippen molar-refractivity contribution in [2.45, 2.75) is 11.8 Å². The predicted molar refractivity (Wildman–Crippen MR) is 62.1 cm³/mol. The first-order valence-electron chi connectivity index (χ1n) is 4.23. The minimum absolute atomic E-state index is 0.0497. The van der Waals surface area contributed by atoms with Crippen LogP contribution in [0.3, 0.4) is 0 Å². The molecule has 14 heavy (non-hydrogen) atoms. The number of thioether (sulfide) groups is 1. The standard InChI is InChI=1S/C10H9NOS2/c1-10(7-5-3-2-4-6-7)11-8(13)9(12)14-10/h2-6H,1H3,(H,11,13). The van der Waals surface area contributed by atoms with Crippen molar-refractivity contribution in [1.29, 1.82) is 0 Å². The SMILES string of the molecule is CC1(c2ccccc2)NC(=S)C(=O)S1. The fourth-order valence-corrected chi connectivity index (χ4v) is 2.73. The van der Waals surface area contributed by atoms with Gasteiger partial charge in [0, 0.05) is 0 Å². The molecule has 0 aliphatic carbocycles. The van der Waals surface area contributed by atoms with Crippen molar-refractivity contribution in [2.24, 2.45) is 0 Å². The van der Waals surface area contributed by atoms with Gasteiger partial charge in [-0.1, -0.05) is 42.5 Å². The first-order chi connectivity index (χ1) is 6.62. The topological polar surface area (TPSA) is 29.1 Å². The van der Waals surface area contributed by atoms with E-state index in [2.05, 4.69) is 5.32 Å². The Kier molecular flexibility index (Phi) is 2.33. The van der Waals surface area contributed by atoms with Gasteiger partial charge in [-0.3, -0.25) is 4.79 Å². The van der Waals surface area contributed by atoms with Gasteiger partial charge >= 0.3 is 0 Å². The normalized spacial score (nSPS) is 26.4. The summed E-state index contributed by atoms with van der Waals surface area (Å²) in [6, 6.07) is 9.83. The lowest BCUT2D eigenvalue weighted by atomic mass is 10.1. The van der Waals surface area contributed by atoms with Crippen LogP contribution in [0.2, 0.25) is 0 Å². The predicted octanol–water partition coefficient (Wildman–Crippen LogP) is 2.05. The Hall–Kier alpha value is -0.870. The second-order valence-electron chi connectivity index (χ2n) is 3.24. The molecular formula is C10H9NOS2. The van der Waals surface area contributed by atoms with Crippen molar-refractivity contribution in [3.8, 4) is 0 Å². The van der Waals surface area contributed by atoms with E-state index in [0.29, 0.717) is 4.99 Å². The monoisotopic (exact) mass is 223 g/mol. The Morgan fingerprint density at radius 3 is 2.50 bits per heavy atom. The summed E-state index contributed by atoms with van der Waals surface area (Å²) in [6.45, 7) is 1.96. The van der Waals surface area contributed by atoms with E-state index in [1.54, 1.807) is 0 Å². The summed E-state index contributed by atoms with van der Waals surface area (Å²) in [5, 5.41) is 2.99. The fraction of sp³-hybridized carbons (Fsp3) is 0.200. The zero-order valence-corrected chi connectivity index (χ0v) is 9.24. The van der Waals surface area contributed by atoms with Gasteiger partial charge in [0.05, 0.1) is 0 Å². The van der Waals surface area contributed by atoms with Gasteiger partial charge in [0.2, 0.25) is 5.12 Å². The highest BCUT2D eigenvalue weighted by atomic mass is 32.2. The highest BCUT2D eigenvalue weighted by Crippen LogP contribution is 2.38. The zero-order chi connectivity index (χ0) is 10.2. The highest BCUT2D eigenvalue weighted by molar-refractivity contribution is 8.18. The molecule has 2 nitrogen and oxygen atoms in total. The summed E-state index contributed by atoms with van der Waals surface area (Å²) in [4.78, 5) is 11.2. The molecule has 1 heterocycles. The summed E-state index contributed by atoms with van der Waals surface area (Å²) in [5.41, 5.74) is 1.07. The van der Waals surface area contributed by atoms with E-state index in [4.69, 9.17) is 12.2 Å². The quantitative estimate of drug-likeness (QED) is 0.738. The first kappa shape index (κ1) is 9.68. The molecule has 0 aromatic heterocycles. The summed E-state index contributed by atoms with van der Waals surface area (Å²) in [7, 11) is 0. The highest BCUT2D eigenvalue weighted by Gasteiger charge is 2.39. The first-order valence-corrected chi connectivity index (χ1v) is 5.45. The van der Waals surface area contributed by atoms with E-state index in [1.807, 2.05) is 37.3 Å². The van der Waals surface area contributed by atoms with Crippen LogP contribution < -0.4 is 5.32 Å². The fourth-order valence-electron chi connectivity index (χ4n) is 1.41. The molecule has 0 saturated carbocycles. The number of carbonyl (C=O) groups is 1. The second kappa shape index (κ2) is 3.37. The lowest BCUT2D eigenvalue weighted by Gasteiger charge is -2.22. The number of nitrogens with one attached hydrogen (secondary N) is 1. The van der Waals surface area contributed by atoms with Gasteiger partial charge in [-0.2, -0.15) is 0 Å². The molecule has 0 spiro atoms. The molecular weight excluding hydrogens is 214 g/mol. The molecule has 0 bridgehead atoms. The van der Waals surface area contributed by atoms with Gasteiger partial charge in [0.1, 0.15) is 4.87 Å². The van der Waals surface area contributed by atoms with Crippen LogP contribution in [-0.2, 0) is 9.67 Å². The van der Waals surface area contributed by atoms with Crippen LogP contribution in [0, 0.1) is 0 Å². The largest absolute Gasteiger partial charge is 0.354 e. The van der Waals surface area contributed by atoms with E-state index >= 15 is 0 Å². The molecule has 1 aliphatic rings. The van der Waals surface area contributed by atoms with Crippen LogP contribution in [-0.4, -0.2) is 10.1 Å². The van der Waals surface area contributed by atoms with Crippen LogP contribution in [0.4, 0.5) is 0 Å². The summed E-state index contributed by atoms with van der Waals surface area (Å²) < 4.78 is 0. The van der Waals surface area contributed by atoms with Gasteiger partial charge in [0.15, 0.2) is 4.99 Å². The van der Waals surface area contributed by atoms with E-state index in [1.165, 1.54) is 11.8 Å². The molecule has 1 fully saturated rings. The maximum absolute atomic E-state index is 11.3. The van der Waals surface area contributed by atoms with Gasteiger partial charge < -0.3 is 5.32 Å². The molecule has 1 unspecified atom stereocenters. The number of carbonyl (C=O) groups excluding carboxylic acids is 1. The molecule has 0 amide bonds. The molecule has 72 valence electrons. The third kappa shape index (κ3) is 1.55. The van der Waals surface area contributed by atoms with Crippen LogP contribution in [0.15, 0.2) is 30.3 Å². The van der Waals surface area contributed by atoms with Gasteiger partial charge in [-0.05, 0) is 24.2 Å². The lowest BCUT2D eigenvalue weighted by molar-refractivity contribution is -0.105. The van der Waals surface area contributed by atoms with Gasteiger partial charge in [-0.15, -0.1) is 0 Å². The number of hydrogen-bond donors (Lipinski definition) is 1. The smallest absolute Gasteiger partial charge is 0.249 e. The summed E-state index contributed by atoms with van der Waals surface area (Å²) in [5.74, 6) is 0. The molecule has 1 saturated heterocycles. The molecule has 1 atom stereocenters. The third-order valence-electron chi connectivity index (χ3n) is 2.16. The molecule has 4 heteroatoms. The third-order valence-corrected chi connectivity index (χ3v) is 3.71. The maximum Gasteiger partial charge on any atom is 0.249 e. The van der Waals surface area contributed by atoms with E-state index in [-0.39, 0.29) is 5.12 Å². The zero-order valence-electron chi connectivity index (χ0n) is 7.61. The Balaban J connectivity index is 2.36. The van der Waals surface area contributed by atoms with Gasteiger partial charge in [-0.25, -0.2) is 0 Å². The van der Waals surface area contributed by atoms with E-state index in [9.17, 15) is 4.79 Å². The number of benzene rings is 1. The molecule has 1 N–H and O–H groups in total. The van der Waals surface area contributed by atoms with Crippen molar-refractivity contribution in [3.63, 3.8) is 0 Å². The Bertz CT molecular complexity index is 372. The molecule has 0 radical (unpaired) electrons. The van der Waals surface area contributed by atoms with E-state index in [0.717, 1.165) is 5.56 Å². The average molecular weight is 223 g/mol. The van der Waals surface area contributed by atoms with E-state index < -0.39 is 4.87 Å². The molecule has 2 rings (SSSR count). The Morgan fingerprint density at radius 2 is 2.00 bits per heavy atom. The molecule has 1 aliphatic heterocycles. The molecule has 1 aromatic rings. The average Bonchev–Trinajstić information content (AvgIpc) is 2.44. The van der Waals surface area contributed by atoms with Crippen LogP contribution in [0.25, 0.3) is 0 Å². The van der Waals surface area contributed by atoms with Crippen molar-refractivity contribution in [2.75, 3.05) is 0 Å². The van der Waals surface area contributed by atoms with Crippen LogP contribution >= 0.6 is 24.0 Å². The second-order valence-corrected chi connectivity index (χ2v) is 5.04. The van der Waals surface area contributed by atoms with Crippen molar-refractivity contribution in [1.82, 2.24) is 5.32 Å². The van der Waals surface area contributed by atoms with Crippen LogP contribution in [0.5, 0.6) is 0 Å². The van der Waals surface area contributed by atoms with Gasteiger partial charge in [0.25, 0.3) is 0 Å². The number of hydrogen-bond acceptors (Lipinski definition) is 3. The summed E-state index contributed by atoms with van der Waals surface area (Å²) >= 11 is 6.15. The van der Waals surface area contributed by atoms with Crippen molar-refractivity contribution in [3.05, 3.63) is 35.9 Å². The van der Waals surface area contributed by atoms with Crippen LogP contribution in [0.1, 0.15) is 12.5 Å². The Labute approximate surface area is 92.1 Å². The van der Waals surface area contributed by atoms with Crippen molar-refractivity contribution >= 4 is 34.1 Å². The number of thiocarbonyl (C=S) groups is 1.